The summed E-state index contributed by atoms with van der Waals surface area (Å²) < 4.78 is 20.2. The Kier molecular flexibility index (Phi) is 4.55. The van der Waals surface area contributed by atoms with E-state index in [9.17, 15) is 9.18 Å². The number of aromatic amines is 1. The fourth-order valence-corrected chi connectivity index (χ4v) is 3.40. The minimum absolute atomic E-state index is 0.223. The van der Waals surface area contributed by atoms with E-state index in [1.165, 1.54) is 6.07 Å². The highest BCUT2D eigenvalue weighted by Crippen LogP contribution is 2.32. The Morgan fingerprint density at radius 3 is 2.88 bits per heavy atom. The van der Waals surface area contributed by atoms with Gasteiger partial charge in [0.2, 0.25) is 0 Å². The van der Waals surface area contributed by atoms with Crippen molar-refractivity contribution in [1.29, 1.82) is 0 Å². The summed E-state index contributed by atoms with van der Waals surface area (Å²) in [6.07, 6.45) is 2.35. The summed E-state index contributed by atoms with van der Waals surface area (Å²) in [5.74, 6) is 0.217. The number of halogens is 2. The molecule has 3 rings (SSSR count). The highest BCUT2D eigenvalue weighted by molar-refractivity contribution is 9.10. The van der Waals surface area contributed by atoms with Crippen LogP contribution in [0.25, 0.3) is 11.0 Å². The average Bonchev–Trinajstić information content (AvgIpc) is 2.89. The maximum absolute atomic E-state index is 14.1. The van der Waals surface area contributed by atoms with Crippen LogP contribution >= 0.6 is 15.9 Å². The molecular formula is C17H21BrFN3O2. The number of likely N-dealkylation sites (tertiary alicyclic amines) is 1. The zero-order valence-electron chi connectivity index (χ0n) is 14.0. The fraction of sp³-hybridized carbons (Fsp3) is 0.529. The topological polar surface area (TPSA) is 58.2 Å². The number of amides is 1. The number of aromatic nitrogens is 2. The van der Waals surface area contributed by atoms with Gasteiger partial charge in [0, 0.05) is 11.0 Å². The molecule has 7 heteroatoms. The van der Waals surface area contributed by atoms with Crippen molar-refractivity contribution in [3.8, 4) is 0 Å². The van der Waals surface area contributed by atoms with E-state index in [0.29, 0.717) is 27.9 Å². The molecule has 1 atom stereocenters. The molecule has 1 saturated heterocycles. The lowest BCUT2D eigenvalue weighted by Gasteiger charge is -2.35. The Bertz CT molecular complexity index is 769. The maximum Gasteiger partial charge on any atom is 0.410 e. The van der Waals surface area contributed by atoms with Crippen LogP contribution in [0, 0.1) is 5.82 Å². The minimum Gasteiger partial charge on any atom is -0.444 e. The van der Waals surface area contributed by atoms with Gasteiger partial charge >= 0.3 is 6.09 Å². The number of benzene rings is 1. The molecule has 1 aromatic carbocycles. The third-order valence-electron chi connectivity index (χ3n) is 3.97. The van der Waals surface area contributed by atoms with Crippen molar-refractivity contribution < 1.29 is 13.9 Å². The molecule has 0 saturated carbocycles. The Hall–Kier alpha value is -1.63. The molecular weight excluding hydrogens is 377 g/mol. The molecule has 1 aliphatic rings. The number of hydrogen-bond donors (Lipinski definition) is 1. The van der Waals surface area contributed by atoms with Crippen molar-refractivity contribution in [3.05, 3.63) is 28.2 Å². The van der Waals surface area contributed by atoms with Gasteiger partial charge in [0.1, 0.15) is 16.9 Å². The van der Waals surface area contributed by atoms with Gasteiger partial charge in [-0.2, -0.15) is 0 Å². The van der Waals surface area contributed by atoms with Crippen LogP contribution in [0.15, 0.2) is 16.6 Å². The van der Waals surface area contributed by atoms with E-state index in [0.717, 1.165) is 19.3 Å². The van der Waals surface area contributed by atoms with Crippen LogP contribution in [0.1, 0.15) is 51.9 Å². The first kappa shape index (κ1) is 17.2. The molecule has 1 fully saturated rings. The average molecular weight is 398 g/mol. The Balaban J connectivity index is 1.93. The molecule has 130 valence electrons. The summed E-state index contributed by atoms with van der Waals surface area (Å²) in [5.41, 5.74) is 0.360. The van der Waals surface area contributed by atoms with Crippen molar-refractivity contribution in [3.63, 3.8) is 0 Å². The molecule has 1 unspecified atom stereocenters. The van der Waals surface area contributed by atoms with Crippen LogP contribution in [0.5, 0.6) is 0 Å². The first-order chi connectivity index (χ1) is 11.2. The second-order valence-electron chi connectivity index (χ2n) is 7.09. The number of ether oxygens (including phenoxy) is 1. The second kappa shape index (κ2) is 6.35. The van der Waals surface area contributed by atoms with Crippen LogP contribution in [-0.2, 0) is 4.74 Å². The highest BCUT2D eigenvalue weighted by atomic mass is 79.9. The number of nitrogens with zero attached hydrogens (tertiary/aromatic N) is 2. The Labute approximate surface area is 148 Å². The Morgan fingerprint density at radius 1 is 1.42 bits per heavy atom. The molecule has 1 aromatic heterocycles. The monoisotopic (exact) mass is 397 g/mol. The predicted octanol–water partition coefficient (Wildman–Crippen LogP) is 4.93. The lowest BCUT2D eigenvalue weighted by atomic mass is 10.0. The molecule has 0 aliphatic carbocycles. The van der Waals surface area contributed by atoms with E-state index in [4.69, 9.17) is 4.74 Å². The van der Waals surface area contributed by atoms with Gasteiger partial charge in [-0.1, -0.05) is 15.9 Å². The van der Waals surface area contributed by atoms with E-state index in [2.05, 4.69) is 25.9 Å². The van der Waals surface area contributed by atoms with Crippen molar-refractivity contribution in [2.45, 2.75) is 51.7 Å². The molecule has 1 amide bonds. The van der Waals surface area contributed by atoms with Crippen LogP contribution < -0.4 is 0 Å². The van der Waals surface area contributed by atoms with E-state index < -0.39 is 5.60 Å². The predicted molar refractivity (Wildman–Crippen MR) is 93.3 cm³/mol. The number of H-pyrrole nitrogens is 1. The third-order valence-corrected chi connectivity index (χ3v) is 4.43. The summed E-state index contributed by atoms with van der Waals surface area (Å²) >= 11 is 3.28. The largest absolute Gasteiger partial charge is 0.444 e. The molecule has 5 nitrogen and oxygen atoms in total. The van der Waals surface area contributed by atoms with Gasteiger partial charge in [0.05, 0.1) is 11.6 Å². The summed E-state index contributed by atoms with van der Waals surface area (Å²) in [7, 11) is 0. The second-order valence-corrected chi connectivity index (χ2v) is 8.01. The van der Waals surface area contributed by atoms with Gasteiger partial charge in [-0.15, -0.1) is 0 Å². The minimum atomic E-state index is -0.552. The quantitative estimate of drug-likeness (QED) is 0.742. The summed E-state index contributed by atoms with van der Waals surface area (Å²) in [6.45, 7) is 6.15. The van der Waals surface area contributed by atoms with Crippen LogP contribution in [0.3, 0.4) is 0 Å². The number of imidazole rings is 1. The molecule has 1 aliphatic heterocycles. The van der Waals surface area contributed by atoms with Crippen molar-refractivity contribution in [1.82, 2.24) is 14.9 Å². The number of carbonyl (C=O) groups is 1. The zero-order valence-corrected chi connectivity index (χ0v) is 15.6. The number of rotatable bonds is 1. The summed E-state index contributed by atoms with van der Waals surface area (Å²) in [5, 5.41) is 0. The van der Waals surface area contributed by atoms with E-state index in [-0.39, 0.29) is 18.0 Å². The van der Waals surface area contributed by atoms with Crippen LogP contribution in [-0.4, -0.2) is 33.1 Å². The van der Waals surface area contributed by atoms with E-state index in [1.54, 1.807) is 11.0 Å². The van der Waals surface area contributed by atoms with Gasteiger partial charge in [-0.3, -0.25) is 4.90 Å². The van der Waals surface area contributed by atoms with Gasteiger partial charge < -0.3 is 9.72 Å². The highest BCUT2D eigenvalue weighted by Gasteiger charge is 2.33. The van der Waals surface area contributed by atoms with E-state index >= 15 is 0 Å². The molecule has 2 aromatic rings. The van der Waals surface area contributed by atoms with Crippen molar-refractivity contribution in [2.24, 2.45) is 0 Å². The van der Waals surface area contributed by atoms with Gasteiger partial charge in [-0.05, 0) is 52.2 Å². The number of hydrogen-bond acceptors (Lipinski definition) is 3. The van der Waals surface area contributed by atoms with Crippen LogP contribution in [0.2, 0.25) is 0 Å². The fourth-order valence-electron chi connectivity index (χ4n) is 2.97. The molecule has 0 spiro atoms. The number of nitrogens with one attached hydrogen (secondary N) is 1. The molecule has 0 radical (unpaired) electrons. The first-order valence-corrected chi connectivity index (χ1v) is 8.88. The van der Waals surface area contributed by atoms with Gasteiger partial charge in [0.25, 0.3) is 0 Å². The summed E-state index contributed by atoms with van der Waals surface area (Å²) in [6, 6.07) is 2.95. The molecule has 2 heterocycles. The normalized spacial score (nSPS) is 18.9. The number of fused-ring (bicyclic) bond motifs is 1. The van der Waals surface area contributed by atoms with Gasteiger partial charge in [-0.25, -0.2) is 14.2 Å². The van der Waals surface area contributed by atoms with Crippen molar-refractivity contribution in [2.75, 3.05) is 6.54 Å². The standard InChI is InChI=1S/C17H21BrFN3O2/c1-17(2,3)24-16(23)22-7-5-4-6-13(22)15-20-12-9-10(18)8-11(19)14(12)21-15/h8-9,13H,4-7H2,1-3H3,(H,20,21). The number of piperidine rings is 1. The smallest absolute Gasteiger partial charge is 0.410 e. The molecule has 24 heavy (non-hydrogen) atoms. The molecule has 0 bridgehead atoms. The van der Waals surface area contributed by atoms with Crippen molar-refractivity contribution >= 4 is 33.1 Å². The van der Waals surface area contributed by atoms with Gasteiger partial charge in [0.15, 0.2) is 5.82 Å². The third kappa shape index (κ3) is 3.55. The summed E-state index contributed by atoms with van der Waals surface area (Å²) in [4.78, 5) is 21.8. The zero-order chi connectivity index (χ0) is 17.5. The first-order valence-electron chi connectivity index (χ1n) is 8.09. The lowest BCUT2D eigenvalue weighted by molar-refractivity contribution is 0.00857. The number of carbonyl (C=O) groups excluding carboxylic acids is 1. The van der Waals surface area contributed by atoms with E-state index in [1.807, 2.05) is 20.8 Å². The SMILES string of the molecule is CC(C)(C)OC(=O)N1CCCCC1c1nc2c(F)cc(Br)cc2[nH]1. The lowest BCUT2D eigenvalue weighted by Crippen LogP contribution is -2.42. The molecule has 1 N–H and O–H groups in total. The maximum atomic E-state index is 14.1. The Morgan fingerprint density at radius 2 is 2.17 bits per heavy atom. The van der Waals surface area contributed by atoms with Crippen LogP contribution in [0.4, 0.5) is 9.18 Å².